The Morgan fingerprint density at radius 3 is 2.12 bits per heavy atom. The summed E-state index contributed by atoms with van der Waals surface area (Å²) < 4.78 is 38.9. The van der Waals surface area contributed by atoms with E-state index in [2.05, 4.69) is 4.74 Å². The number of ether oxygens (including phenoxy) is 1. The topological polar surface area (TPSA) is 59.0 Å². The SMILES string of the molecule is Cl.N#CC(N)c1ccc(OC(F)(F)F)cc1. The summed E-state index contributed by atoms with van der Waals surface area (Å²) in [6.07, 6.45) is -4.71. The van der Waals surface area contributed by atoms with Crippen molar-refractivity contribution in [1.82, 2.24) is 0 Å². The van der Waals surface area contributed by atoms with Crippen LogP contribution in [0.15, 0.2) is 24.3 Å². The van der Waals surface area contributed by atoms with Gasteiger partial charge in [-0.1, -0.05) is 12.1 Å². The maximum absolute atomic E-state index is 11.8. The van der Waals surface area contributed by atoms with Crippen LogP contribution in [0.1, 0.15) is 11.6 Å². The smallest absolute Gasteiger partial charge is 0.406 e. The van der Waals surface area contributed by atoms with Gasteiger partial charge in [-0.3, -0.25) is 0 Å². The van der Waals surface area contributed by atoms with Crippen molar-refractivity contribution in [2.24, 2.45) is 5.73 Å². The predicted octanol–water partition coefficient (Wildman–Crippen LogP) is 2.53. The van der Waals surface area contributed by atoms with Crippen molar-refractivity contribution in [2.45, 2.75) is 12.4 Å². The Bertz CT molecular complexity index is 372. The first kappa shape index (κ1) is 14.6. The highest BCUT2D eigenvalue weighted by atomic mass is 35.5. The summed E-state index contributed by atoms with van der Waals surface area (Å²) in [5.41, 5.74) is 5.78. The number of nitrogens with zero attached hydrogens (tertiary/aromatic N) is 1. The summed E-state index contributed by atoms with van der Waals surface area (Å²) in [5.74, 6) is -0.337. The Kier molecular flexibility index (Phi) is 5.08. The van der Waals surface area contributed by atoms with E-state index in [-0.39, 0.29) is 18.2 Å². The first-order valence-corrected chi connectivity index (χ1v) is 3.93. The van der Waals surface area contributed by atoms with Gasteiger partial charge in [-0.05, 0) is 17.7 Å². The molecule has 0 aliphatic carbocycles. The molecule has 0 bridgehead atoms. The zero-order valence-corrected chi connectivity index (χ0v) is 8.68. The lowest BCUT2D eigenvalue weighted by Crippen LogP contribution is -2.17. The van der Waals surface area contributed by atoms with E-state index >= 15 is 0 Å². The third-order valence-corrected chi connectivity index (χ3v) is 1.61. The van der Waals surface area contributed by atoms with Crippen LogP contribution in [0.4, 0.5) is 13.2 Å². The van der Waals surface area contributed by atoms with Crippen molar-refractivity contribution in [3.8, 4) is 11.8 Å². The number of nitriles is 1. The molecular weight excluding hydrogens is 245 g/mol. The highest BCUT2D eigenvalue weighted by molar-refractivity contribution is 5.85. The molecule has 7 heteroatoms. The molecule has 0 aliphatic heterocycles. The zero-order valence-electron chi connectivity index (χ0n) is 7.86. The minimum Gasteiger partial charge on any atom is -0.406 e. The molecule has 0 saturated carbocycles. The molecule has 0 aliphatic rings. The molecule has 88 valence electrons. The average molecular weight is 253 g/mol. The number of hydrogen-bond acceptors (Lipinski definition) is 3. The Morgan fingerprint density at radius 2 is 1.75 bits per heavy atom. The molecule has 0 spiro atoms. The lowest BCUT2D eigenvalue weighted by atomic mass is 10.1. The highest BCUT2D eigenvalue weighted by Gasteiger charge is 2.30. The number of alkyl halides is 3. The predicted molar refractivity (Wildman–Crippen MR) is 52.9 cm³/mol. The summed E-state index contributed by atoms with van der Waals surface area (Å²) in [6.45, 7) is 0. The Balaban J connectivity index is 0.00000225. The first-order chi connectivity index (χ1) is 6.92. The maximum Gasteiger partial charge on any atom is 0.573 e. The van der Waals surface area contributed by atoms with Crippen molar-refractivity contribution in [3.05, 3.63) is 29.8 Å². The molecule has 0 heterocycles. The van der Waals surface area contributed by atoms with E-state index < -0.39 is 12.4 Å². The van der Waals surface area contributed by atoms with E-state index in [1.807, 2.05) is 0 Å². The van der Waals surface area contributed by atoms with Gasteiger partial charge in [0, 0.05) is 0 Å². The van der Waals surface area contributed by atoms with Crippen LogP contribution in [0, 0.1) is 11.3 Å². The van der Waals surface area contributed by atoms with Crippen molar-refractivity contribution >= 4 is 12.4 Å². The maximum atomic E-state index is 11.8. The second-order valence-electron chi connectivity index (χ2n) is 2.72. The molecule has 0 saturated heterocycles. The van der Waals surface area contributed by atoms with E-state index in [0.717, 1.165) is 12.1 Å². The average Bonchev–Trinajstić information content (AvgIpc) is 2.15. The fourth-order valence-corrected chi connectivity index (χ4v) is 0.951. The van der Waals surface area contributed by atoms with E-state index in [4.69, 9.17) is 11.0 Å². The van der Waals surface area contributed by atoms with Crippen LogP contribution >= 0.6 is 12.4 Å². The van der Waals surface area contributed by atoms with Crippen LogP contribution < -0.4 is 10.5 Å². The highest BCUT2D eigenvalue weighted by Crippen LogP contribution is 2.23. The summed E-state index contributed by atoms with van der Waals surface area (Å²) in [7, 11) is 0. The summed E-state index contributed by atoms with van der Waals surface area (Å²) in [6, 6.07) is 5.77. The van der Waals surface area contributed by atoms with Crippen LogP contribution in [0.5, 0.6) is 5.75 Å². The second-order valence-corrected chi connectivity index (χ2v) is 2.72. The van der Waals surface area contributed by atoms with Gasteiger partial charge in [-0.15, -0.1) is 25.6 Å². The second kappa shape index (κ2) is 5.58. The van der Waals surface area contributed by atoms with Crippen LogP contribution in [0.3, 0.4) is 0 Å². The molecule has 1 atom stereocenters. The molecule has 0 fully saturated rings. The van der Waals surface area contributed by atoms with Gasteiger partial charge in [-0.2, -0.15) is 5.26 Å². The van der Waals surface area contributed by atoms with Gasteiger partial charge in [0.1, 0.15) is 11.8 Å². The minimum absolute atomic E-state index is 0. The lowest BCUT2D eigenvalue weighted by Gasteiger charge is -2.09. The van der Waals surface area contributed by atoms with Crippen molar-refractivity contribution in [1.29, 1.82) is 5.26 Å². The number of rotatable bonds is 2. The summed E-state index contributed by atoms with van der Waals surface area (Å²) in [5, 5.41) is 8.46. The van der Waals surface area contributed by atoms with E-state index in [1.54, 1.807) is 6.07 Å². The third kappa shape index (κ3) is 4.38. The standard InChI is InChI=1S/C9H7F3N2O.ClH/c10-9(11,12)15-7-3-1-6(2-4-7)8(14)5-13;/h1-4,8H,14H2;1H. The number of hydrogen-bond donors (Lipinski definition) is 1. The van der Waals surface area contributed by atoms with E-state index in [1.165, 1.54) is 12.1 Å². The van der Waals surface area contributed by atoms with Gasteiger partial charge in [-0.25, -0.2) is 0 Å². The van der Waals surface area contributed by atoms with Gasteiger partial charge in [0.2, 0.25) is 0 Å². The largest absolute Gasteiger partial charge is 0.573 e. The van der Waals surface area contributed by atoms with Gasteiger partial charge >= 0.3 is 6.36 Å². The molecule has 0 amide bonds. The minimum atomic E-state index is -4.71. The number of halogens is 4. The van der Waals surface area contributed by atoms with Gasteiger partial charge < -0.3 is 10.5 Å². The molecular formula is C9H8ClF3N2O. The molecule has 2 N–H and O–H groups in total. The molecule has 16 heavy (non-hydrogen) atoms. The molecule has 1 unspecified atom stereocenters. The molecule has 0 radical (unpaired) electrons. The van der Waals surface area contributed by atoms with Crippen molar-refractivity contribution in [2.75, 3.05) is 0 Å². The monoisotopic (exact) mass is 252 g/mol. The Morgan fingerprint density at radius 1 is 1.25 bits per heavy atom. The van der Waals surface area contributed by atoms with Crippen molar-refractivity contribution < 1.29 is 17.9 Å². The first-order valence-electron chi connectivity index (χ1n) is 3.93. The molecule has 1 aromatic carbocycles. The fourth-order valence-electron chi connectivity index (χ4n) is 0.951. The van der Waals surface area contributed by atoms with Gasteiger partial charge in [0.25, 0.3) is 0 Å². The zero-order chi connectivity index (χ0) is 11.5. The Hall–Kier alpha value is -1.45. The molecule has 1 rings (SSSR count). The molecule has 3 nitrogen and oxygen atoms in total. The van der Waals surface area contributed by atoms with Gasteiger partial charge in [0.05, 0.1) is 6.07 Å². The molecule has 0 aromatic heterocycles. The van der Waals surface area contributed by atoms with Crippen LogP contribution in [-0.4, -0.2) is 6.36 Å². The van der Waals surface area contributed by atoms with Gasteiger partial charge in [0.15, 0.2) is 0 Å². The van der Waals surface area contributed by atoms with Crippen LogP contribution in [0.2, 0.25) is 0 Å². The Labute approximate surface area is 96.0 Å². The van der Waals surface area contributed by atoms with E-state index in [0.29, 0.717) is 5.56 Å². The summed E-state index contributed by atoms with van der Waals surface area (Å²) in [4.78, 5) is 0. The van der Waals surface area contributed by atoms with Crippen LogP contribution in [0.25, 0.3) is 0 Å². The quantitative estimate of drug-likeness (QED) is 0.880. The third-order valence-electron chi connectivity index (χ3n) is 1.61. The van der Waals surface area contributed by atoms with Crippen molar-refractivity contribution in [3.63, 3.8) is 0 Å². The fraction of sp³-hybridized carbons (Fsp3) is 0.222. The lowest BCUT2D eigenvalue weighted by molar-refractivity contribution is -0.274. The number of benzene rings is 1. The van der Waals surface area contributed by atoms with E-state index in [9.17, 15) is 13.2 Å². The normalized spacial score (nSPS) is 12.2. The summed E-state index contributed by atoms with van der Waals surface area (Å²) >= 11 is 0. The molecule has 1 aromatic rings. The number of nitrogens with two attached hydrogens (primary N) is 1. The van der Waals surface area contributed by atoms with Crippen LogP contribution in [-0.2, 0) is 0 Å².